The number of hydrogen-bond acceptors (Lipinski definition) is 7. The van der Waals surface area contributed by atoms with Crippen molar-refractivity contribution in [1.29, 1.82) is 0 Å². The molecule has 0 spiro atoms. The molecule has 2 unspecified atom stereocenters. The van der Waals surface area contributed by atoms with Crippen LogP contribution in [0.15, 0.2) is 85.1 Å². The van der Waals surface area contributed by atoms with E-state index in [-0.39, 0.29) is 32.0 Å². The highest BCUT2D eigenvalue weighted by molar-refractivity contribution is 7.47. The first kappa shape index (κ1) is 57.2. The van der Waals surface area contributed by atoms with Gasteiger partial charge in [-0.1, -0.05) is 170 Å². The number of quaternary nitrogens is 1. The first-order chi connectivity index (χ1) is 29.0. The molecule has 0 aliphatic heterocycles. The predicted octanol–water partition coefficient (Wildman–Crippen LogP) is 13.6. The van der Waals surface area contributed by atoms with Gasteiger partial charge in [-0.25, -0.2) is 4.57 Å². The fraction of sp³-hybridized carbons (Fsp3) is 0.680. The predicted molar refractivity (Wildman–Crippen MR) is 252 cm³/mol. The molecule has 10 heteroatoms. The van der Waals surface area contributed by atoms with Gasteiger partial charge in [0.05, 0.1) is 27.7 Å². The lowest BCUT2D eigenvalue weighted by Gasteiger charge is -2.24. The Balaban J connectivity index is 4.06. The molecule has 9 nitrogen and oxygen atoms in total. The Labute approximate surface area is 367 Å². The second-order valence-corrected chi connectivity index (χ2v) is 17.9. The van der Waals surface area contributed by atoms with Gasteiger partial charge in [-0.3, -0.25) is 18.6 Å². The molecule has 0 aromatic heterocycles. The zero-order valence-corrected chi connectivity index (χ0v) is 39.6. The third kappa shape index (κ3) is 44.7. The third-order valence-electron chi connectivity index (χ3n) is 9.44. The van der Waals surface area contributed by atoms with Crippen LogP contribution in [0.5, 0.6) is 0 Å². The lowest BCUT2D eigenvalue weighted by molar-refractivity contribution is -0.870. The summed E-state index contributed by atoms with van der Waals surface area (Å²) in [4.78, 5) is 35.0. The summed E-state index contributed by atoms with van der Waals surface area (Å²) < 4.78 is 34.1. The number of nitrogens with zero attached hydrogens (tertiary/aromatic N) is 1. The van der Waals surface area contributed by atoms with Crippen LogP contribution in [0.3, 0.4) is 0 Å². The number of ether oxygens (including phenoxy) is 2. The maximum absolute atomic E-state index is 12.6. The smallest absolute Gasteiger partial charge is 0.462 e. The van der Waals surface area contributed by atoms with Crippen LogP contribution in [0.4, 0.5) is 0 Å². The molecule has 0 fully saturated rings. The van der Waals surface area contributed by atoms with Crippen molar-refractivity contribution in [3.05, 3.63) is 85.1 Å². The summed E-state index contributed by atoms with van der Waals surface area (Å²) in [6.07, 6.45) is 54.0. The minimum Gasteiger partial charge on any atom is -0.462 e. The van der Waals surface area contributed by atoms with Gasteiger partial charge in [0.2, 0.25) is 0 Å². The largest absolute Gasteiger partial charge is 0.472 e. The summed E-state index contributed by atoms with van der Waals surface area (Å²) in [6, 6.07) is 0. The Morgan fingerprint density at radius 3 is 1.42 bits per heavy atom. The van der Waals surface area contributed by atoms with Crippen LogP contribution in [-0.4, -0.2) is 74.9 Å². The van der Waals surface area contributed by atoms with E-state index >= 15 is 0 Å². The molecule has 60 heavy (non-hydrogen) atoms. The van der Waals surface area contributed by atoms with Crippen molar-refractivity contribution >= 4 is 19.8 Å². The molecule has 0 aliphatic carbocycles. The van der Waals surface area contributed by atoms with Crippen molar-refractivity contribution in [1.82, 2.24) is 0 Å². The quantitative estimate of drug-likeness (QED) is 0.0213. The third-order valence-corrected chi connectivity index (χ3v) is 10.4. The topological polar surface area (TPSA) is 108 Å². The standard InChI is InChI=1S/C50H86NO8P/c1-6-8-10-12-13-14-15-16-17-18-19-20-21-22-23-24-25-26-27-28-29-30-31-32-33-34-35-36-37-39-41-43-50(53)59-48(46-56-49(52)42-40-38-11-9-7-2)47-58-60(54,55)57-45-44-51(3,4)5/h8,10,13-14,16-17,19-20,22-23,25-26,28-29,48H,6-7,9,11-12,15,18,21,24,27,30-47H2,1-5H3/p+1/b10-8-,14-13-,17-16-,20-19-,23-22-,26-25-,29-28-. The molecule has 0 saturated heterocycles. The van der Waals surface area contributed by atoms with Crippen LogP contribution in [0.1, 0.15) is 168 Å². The van der Waals surface area contributed by atoms with Crippen molar-refractivity contribution in [2.75, 3.05) is 47.5 Å². The molecule has 2 atom stereocenters. The fourth-order valence-corrected chi connectivity index (χ4v) is 6.56. The Kier molecular flexibility index (Phi) is 39.6. The van der Waals surface area contributed by atoms with Gasteiger partial charge >= 0.3 is 19.8 Å². The molecule has 0 rings (SSSR count). The number of phosphoric acid groups is 1. The average Bonchev–Trinajstić information content (AvgIpc) is 3.20. The van der Waals surface area contributed by atoms with Gasteiger partial charge in [0.15, 0.2) is 6.10 Å². The molecule has 0 heterocycles. The number of carbonyl (C=O) groups excluding carboxylic acids is 2. The molecular weight excluding hydrogens is 774 g/mol. The zero-order valence-electron chi connectivity index (χ0n) is 38.7. The number of likely N-dealkylation sites (N-methyl/N-ethyl adjacent to an activating group) is 1. The molecule has 0 radical (unpaired) electrons. The first-order valence-corrected chi connectivity index (χ1v) is 24.8. The second-order valence-electron chi connectivity index (χ2n) is 16.4. The number of hydrogen-bond donors (Lipinski definition) is 1. The minimum absolute atomic E-state index is 0.0270. The van der Waals surface area contributed by atoms with E-state index in [2.05, 4.69) is 98.9 Å². The van der Waals surface area contributed by atoms with E-state index in [9.17, 15) is 19.0 Å². The SMILES string of the molecule is CC/C=C\C/C=C\C/C=C\C/C=C\C/C=C\C/C=C\C/C=C\CCCCCCCCCCCC(=O)OC(COC(=O)CCCCCCC)COP(=O)(O)OCC[N+](C)(C)C. The van der Waals surface area contributed by atoms with Gasteiger partial charge in [0.1, 0.15) is 19.8 Å². The Morgan fingerprint density at radius 1 is 0.533 bits per heavy atom. The van der Waals surface area contributed by atoms with Gasteiger partial charge in [0.25, 0.3) is 0 Å². The highest BCUT2D eigenvalue weighted by Gasteiger charge is 2.27. The minimum atomic E-state index is -4.37. The number of carbonyl (C=O) groups is 2. The molecule has 0 aromatic carbocycles. The summed E-state index contributed by atoms with van der Waals surface area (Å²) in [5.41, 5.74) is 0. The molecule has 0 aliphatic rings. The van der Waals surface area contributed by atoms with Crippen LogP contribution < -0.4 is 0 Å². The molecule has 0 aromatic rings. The van der Waals surface area contributed by atoms with E-state index in [4.69, 9.17) is 18.5 Å². The van der Waals surface area contributed by atoms with Crippen LogP contribution >= 0.6 is 7.82 Å². The molecular formula is C50H87NO8P+. The number of unbranched alkanes of at least 4 members (excludes halogenated alkanes) is 13. The average molecular weight is 861 g/mol. The fourth-order valence-electron chi connectivity index (χ4n) is 5.82. The van der Waals surface area contributed by atoms with Crippen molar-refractivity contribution in [3.8, 4) is 0 Å². The van der Waals surface area contributed by atoms with E-state index in [1.54, 1.807) is 0 Å². The first-order valence-electron chi connectivity index (χ1n) is 23.3. The lowest BCUT2D eigenvalue weighted by Crippen LogP contribution is -2.37. The maximum Gasteiger partial charge on any atom is 0.472 e. The van der Waals surface area contributed by atoms with E-state index in [1.807, 2.05) is 21.1 Å². The normalized spacial score (nSPS) is 14.3. The Morgan fingerprint density at radius 2 is 0.950 bits per heavy atom. The summed E-state index contributed by atoms with van der Waals surface area (Å²) >= 11 is 0. The van der Waals surface area contributed by atoms with Crippen molar-refractivity contribution in [2.24, 2.45) is 0 Å². The molecule has 0 bridgehead atoms. The number of esters is 2. The Bertz CT molecular complexity index is 1290. The summed E-state index contributed by atoms with van der Waals surface area (Å²) in [5, 5.41) is 0. The van der Waals surface area contributed by atoms with E-state index < -0.39 is 26.5 Å². The maximum atomic E-state index is 12.6. The summed E-state index contributed by atoms with van der Waals surface area (Å²) in [7, 11) is 1.46. The molecule has 0 amide bonds. The molecule has 344 valence electrons. The second kappa shape index (κ2) is 41.5. The van der Waals surface area contributed by atoms with Crippen LogP contribution in [-0.2, 0) is 32.7 Å². The molecule has 1 N–H and O–H groups in total. The van der Waals surface area contributed by atoms with E-state index in [0.29, 0.717) is 17.4 Å². The Hall–Kier alpha value is -2.81. The summed E-state index contributed by atoms with van der Waals surface area (Å²) in [5.74, 6) is -0.826. The zero-order chi connectivity index (χ0) is 44.3. The van der Waals surface area contributed by atoms with Crippen LogP contribution in [0, 0.1) is 0 Å². The monoisotopic (exact) mass is 861 g/mol. The van der Waals surface area contributed by atoms with Gasteiger partial charge in [-0.2, -0.15) is 0 Å². The number of phosphoric ester groups is 1. The highest BCUT2D eigenvalue weighted by atomic mass is 31.2. The molecule has 0 saturated carbocycles. The lowest BCUT2D eigenvalue weighted by atomic mass is 10.1. The van der Waals surface area contributed by atoms with E-state index in [0.717, 1.165) is 103 Å². The van der Waals surface area contributed by atoms with Gasteiger partial charge in [0, 0.05) is 12.8 Å². The number of rotatable bonds is 41. The van der Waals surface area contributed by atoms with E-state index in [1.165, 1.54) is 32.1 Å². The van der Waals surface area contributed by atoms with Crippen molar-refractivity contribution < 1.29 is 42.1 Å². The van der Waals surface area contributed by atoms with Gasteiger partial charge in [-0.05, 0) is 70.6 Å². The highest BCUT2D eigenvalue weighted by Crippen LogP contribution is 2.43. The van der Waals surface area contributed by atoms with Crippen LogP contribution in [0.25, 0.3) is 0 Å². The van der Waals surface area contributed by atoms with Crippen molar-refractivity contribution in [2.45, 2.75) is 174 Å². The van der Waals surface area contributed by atoms with Gasteiger partial charge in [-0.15, -0.1) is 0 Å². The van der Waals surface area contributed by atoms with Crippen LogP contribution in [0.2, 0.25) is 0 Å². The van der Waals surface area contributed by atoms with Crippen molar-refractivity contribution in [3.63, 3.8) is 0 Å². The summed E-state index contributed by atoms with van der Waals surface area (Å²) in [6.45, 7) is 4.18. The number of allylic oxidation sites excluding steroid dienone is 14. The van der Waals surface area contributed by atoms with Gasteiger partial charge < -0.3 is 18.9 Å².